The van der Waals surface area contributed by atoms with E-state index in [-0.39, 0.29) is 5.56 Å². The van der Waals surface area contributed by atoms with E-state index in [4.69, 9.17) is 0 Å². The van der Waals surface area contributed by atoms with Gasteiger partial charge in [0.15, 0.2) is 0 Å². The van der Waals surface area contributed by atoms with Crippen LogP contribution in [-0.2, 0) is 5.41 Å². The summed E-state index contributed by atoms with van der Waals surface area (Å²) >= 11 is 0. The van der Waals surface area contributed by atoms with Crippen molar-refractivity contribution in [2.45, 2.75) is 18.5 Å². The van der Waals surface area contributed by atoms with Crippen molar-refractivity contribution in [2.75, 3.05) is 0 Å². The van der Waals surface area contributed by atoms with Crippen LogP contribution in [0.2, 0.25) is 0 Å². The van der Waals surface area contributed by atoms with Gasteiger partial charge in [-0.15, -0.1) is 0 Å². The third-order valence-corrected chi connectivity index (χ3v) is 3.05. The predicted octanol–water partition coefficient (Wildman–Crippen LogP) is 4.48. The first kappa shape index (κ1) is 12.7. The van der Waals surface area contributed by atoms with Gasteiger partial charge in [0.1, 0.15) is 5.41 Å². The minimum Gasteiger partial charge on any atom is -0.169 e. The molecule has 2 rings (SSSR count). The number of halogens is 3. The maximum Gasteiger partial charge on any atom is 0.405 e. The molecule has 94 valence electrons. The second-order valence-corrected chi connectivity index (χ2v) is 4.34. The molecule has 0 fully saturated rings. The Morgan fingerprint density at radius 2 is 1.33 bits per heavy atom. The fourth-order valence-corrected chi connectivity index (χ4v) is 1.97. The van der Waals surface area contributed by atoms with Gasteiger partial charge in [0.2, 0.25) is 0 Å². The van der Waals surface area contributed by atoms with Gasteiger partial charge in [0.25, 0.3) is 0 Å². The number of benzene rings is 1. The highest BCUT2D eigenvalue weighted by Crippen LogP contribution is 2.44. The summed E-state index contributed by atoms with van der Waals surface area (Å²) in [6.45, 7) is 1.85. The predicted molar refractivity (Wildman–Crippen MR) is 66.3 cm³/mol. The Labute approximate surface area is 104 Å². The van der Waals surface area contributed by atoms with Crippen molar-refractivity contribution in [3.8, 4) is 0 Å². The number of hydrogen-bond acceptors (Lipinski definition) is 0. The lowest BCUT2D eigenvalue weighted by molar-refractivity contribution is -0.162. The molecule has 0 aromatic heterocycles. The molecule has 0 atom stereocenters. The molecule has 0 saturated heterocycles. The van der Waals surface area contributed by atoms with Crippen LogP contribution in [-0.4, -0.2) is 6.18 Å². The van der Waals surface area contributed by atoms with Gasteiger partial charge in [0, 0.05) is 0 Å². The minimum atomic E-state index is -4.36. The Morgan fingerprint density at radius 3 is 1.78 bits per heavy atom. The Bertz CT molecular complexity index is 486. The molecule has 0 saturated carbocycles. The SMILES string of the molecule is Cc1ccc(C2(C(F)(F)F)C=CC=CC=C2)cc1. The third kappa shape index (κ3) is 2.13. The Hall–Kier alpha value is -1.77. The van der Waals surface area contributed by atoms with Crippen LogP contribution >= 0.6 is 0 Å². The van der Waals surface area contributed by atoms with Gasteiger partial charge in [-0.05, 0) is 12.5 Å². The average molecular weight is 250 g/mol. The molecule has 0 bridgehead atoms. The number of alkyl halides is 3. The molecular weight excluding hydrogens is 237 g/mol. The zero-order valence-electron chi connectivity index (χ0n) is 9.91. The third-order valence-electron chi connectivity index (χ3n) is 3.05. The summed E-state index contributed by atoms with van der Waals surface area (Å²) in [6.07, 6.45) is 4.09. The zero-order chi connectivity index (χ0) is 13.2. The molecule has 0 heterocycles. The fraction of sp³-hybridized carbons (Fsp3) is 0.200. The lowest BCUT2D eigenvalue weighted by atomic mass is 9.79. The van der Waals surface area contributed by atoms with Crippen molar-refractivity contribution < 1.29 is 13.2 Å². The Kier molecular flexibility index (Phi) is 3.16. The lowest BCUT2D eigenvalue weighted by Gasteiger charge is -2.30. The first-order chi connectivity index (χ1) is 8.46. The van der Waals surface area contributed by atoms with Gasteiger partial charge in [0.05, 0.1) is 0 Å². The van der Waals surface area contributed by atoms with E-state index in [0.717, 1.165) is 5.56 Å². The van der Waals surface area contributed by atoms with Crippen molar-refractivity contribution in [1.29, 1.82) is 0 Å². The van der Waals surface area contributed by atoms with Gasteiger partial charge in [-0.25, -0.2) is 0 Å². The summed E-state index contributed by atoms with van der Waals surface area (Å²) in [4.78, 5) is 0. The molecule has 0 nitrogen and oxygen atoms in total. The summed E-state index contributed by atoms with van der Waals surface area (Å²) in [5.74, 6) is 0. The van der Waals surface area contributed by atoms with E-state index in [2.05, 4.69) is 0 Å². The van der Waals surface area contributed by atoms with Crippen LogP contribution in [0.25, 0.3) is 0 Å². The van der Waals surface area contributed by atoms with Crippen LogP contribution in [0.15, 0.2) is 60.7 Å². The van der Waals surface area contributed by atoms with Crippen LogP contribution in [0.1, 0.15) is 11.1 Å². The van der Waals surface area contributed by atoms with Crippen molar-refractivity contribution in [1.82, 2.24) is 0 Å². The maximum atomic E-state index is 13.4. The largest absolute Gasteiger partial charge is 0.405 e. The number of rotatable bonds is 1. The normalized spacial score (nSPS) is 17.8. The van der Waals surface area contributed by atoms with Crippen LogP contribution in [0.4, 0.5) is 13.2 Å². The fourth-order valence-electron chi connectivity index (χ4n) is 1.97. The number of allylic oxidation sites excluding steroid dienone is 6. The van der Waals surface area contributed by atoms with E-state index in [1.807, 2.05) is 6.92 Å². The Balaban J connectivity index is 2.60. The van der Waals surface area contributed by atoms with Crippen LogP contribution in [0, 0.1) is 6.92 Å². The van der Waals surface area contributed by atoms with Crippen molar-refractivity contribution in [3.63, 3.8) is 0 Å². The summed E-state index contributed by atoms with van der Waals surface area (Å²) < 4.78 is 40.3. The van der Waals surface area contributed by atoms with E-state index in [9.17, 15) is 13.2 Å². The highest BCUT2D eigenvalue weighted by atomic mass is 19.4. The molecule has 1 aliphatic carbocycles. The summed E-state index contributed by atoms with van der Waals surface area (Å²) in [5.41, 5.74) is -0.864. The van der Waals surface area contributed by atoms with E-state index >= 15 is 0 Å². The molecule has 0 amide bonds. The van der Waals surface area contributed by atoms with Crippen molar-refractivity contribution in [3.05, 3.63) is 71.8 Å². The monoisotopic (exact) mass is 250 g/mol. The van der Waals surface area contributed by atoms with Gasteiger partial charge in [-0.3, -0.25) is 0 Å². The van der Waals surface area contributed by atoms with E-state index in [0.29, 0.717) is 0 Å². The first-order valence-electron chi connectivity index (χ1n) is 5.63. The van der Waals surface area contributed by atoms with Crippen LogP contribution in [0.5, 0.6) is 0 Å². The second-order valence-electron chi connectivity index (χ2n) is 4.34. The van der Waals surface area contributed by atoms with E-state index < -0.39 is 11.6 Å². The molecule has 18 heavy (non-hydrogen) atoms. The average Bonchev–Trinajstić information content (AvgIpc) is 2.55. The Morgan fingerprint density at radius 1 is 0.833 bits per heavy atom. The first-order valence-corrected chi connectivity index (χ1v) is 5.63. The maximum absolute atomic E-state index is 13.4. The molecule has 0 N–H and O–H groups in total. The molecule has 1 aromatic rings. The van der Waals surface area contributed by atoms with Gasteiger partial charge < -0.3 is 0 Å². The number of aryl methyl sites for hydroxylation is 1. The highest BCUT2D eigenvalue weighted by Gasteiger charge is 2.52. The zero-order valence-corrected chi connectivity index (χ0v) is 9.91. The van der Waals surface area contributed by atoms with Crippen LogP contribution < -0.4 is 0 Å². The molecule has 0 radical (unpaired) electrons. The number of hydrogen-bond donors (Lipinski definition) is 0. The smallest absolute Gasteiger partial charge is 0.169 e. The molecule has 1 aliphatic rings. The standard InChI is InChI=1S/C15H13F3/c1-12-6-8-13(9-7-12)14(15(16,17)18)10-4-2-3-5-11-14/h2-11H,1H3. The molecule has 3 heteroatoms. The molecule has 0 spiro atoms. The minimum absolute atomic E-state index is 0.233. The lowest BCUT2D eigenvalue weighted by Crippen LogP contribution is -2.38. The van der Waals surface area contributed by atoms with E-state index in [1.54, 1.807) is 24.3 Å². The van der Waals surface area contributed by atoms with Gasteiger partial charge in [-0.2, -0.15) is 13.2 Å². The van der Waals surface area contributed by atoms with Crippen molar-refractivity contribution >= 4 is 0 Å². The summed E-state index contributed by atoms with van der Waals surface area (Å²) in [5, 5.41) is 0. The quantitative estimate of drug-likeness (QED) is 0.689. The highest BCUT2D eigenvalue weighted by molar-refractivity contribution is 5.43. The topological polar surface area (TPSA) is 0 Å². The van der Waals surface area contributed by atoms with Crippen molar-refractivity contribution in [2.24, 2.45) is 0 Å². The second kappa shape index (κ2) is 4.48. The van der Waals surface area contributed by atoms with Gasteiger partial charge >= 0.3 is 6.18 Å². The van der Waals surface area contributed by atoms with Crippen LogP contribution in [0.3, 0.4) is 0 Å². The van der Waals surface area contributed by atoms with E-state index in [1.165, 1.54) is 36.4 Å². The summed E-state index contributed by atoms with van der Waals surface area (Å²) in [7, 11) is 0. The molecule has 0 aliphatic heterocycles. The molecule has 0 unspecified atom stereocenters. The molecule has 1 aromatic carbocycles. The molecular formula is C15H13F3. The summed E-state index contributed by atoms with van der Waals surface area (Å²) in [6, 6.07) is 6.46. The van der Waals surface area contributed by atoms with Gasteiger partial charge in [-0.1, -0.05) is 66.3 Å².